The highest BCUT2D eigenvalue weighted by molar-refractivity contribution is 7.98. The van der Waals surface area contributed by atoms with Crippen molar-refractivity contribution in [3.63, 3.8) is 0 Å². The third kappa shape index (κ3) is 7.22. The van der Waals surface area contributed by atoms with Gasteiger partial charge in [-0.3, -0.25) is 0 Å². The third-order valence-electron chi connectivity index (χ3n) is 4.74. The highest BCUT2D eigenvalue weighted by atomic mass is 35.5. The van der Waals surface area contributed by atoms with Crippen molar-refractivity contribution < 1.29 is 30.0 Å². The fourth-order valence-electron chi connectivity index (χ4n) is 2.98. The predicted molar refractivity (Wildman–Crippen MR) is 117 cm³/mol. The van der Waals surface area contributed by atoms with Crippen LogP contribution in [0.3, 0.4) is 0 Å². The van der Waals surface area contributed by atoms with Crippen LogP contribution in [-0.4, -0.2) is 67.6 Å². The minimum Gasteiger partial charge on any atom is -0.479 e. The van der Waals surface area contributed by atoms with E-state index in [2.05, 4.69) is 28.3 Å². The van der Waals surface area contributed by atoms with Gasteiger partial charge in [0, 0.05) is 22.7 Å². The van der Waals surface area contributed by atoms with Gasteiger partial charge in [-0.15, -0.1) is 0 Å². The van der Waals surface area contributed by atoms with E-state index in [9.17, 15) is 9.59 Å². The Balaban J connectivity index is 0.000000291. The molecule has 1 aromatic heterocycles. The molecule has 6 N–H and O–H groups in total. The summed E-state index contributed by atoms with van der Waals surface area (Å²) >= 11 is 8.18. The molecule has 0 aliphatic carbocycles. The lowest BCUT2D eigenvalue weighted by Gasteiger charge is -2.13. The van der Waals surface area contributed by atoms with Crippen LogP contribution < -0.4 is 5.32 Å². The maximum Gasteiger partial charge on any atom is 0.335 e. The number of carboxylic acid groups (broad SMARTS) is 2. The first-order valence-corrected chi connectivity index (χ1v) is 11.1. The van der Waals surface area contributed by atoms with E-state index in [1.54, 1.807) is 11.8 Å². The first-order chi connectivity index (χ1) is 14.7. The van der Waals surface area contributed by atoms with Crippen molar-refractivity contribution in [3.8, 4) is 0 Å². The van der Waals surface area contributed by atoms with Crippen LogP contribution in [0.2, 0.25) is 5.02 Å². The number of aliphatic hydroxyl groups is 2. The van der Waals surface area contributed by atoms with E-state index < -0.39 is 24.1 Å². The number of aryl methyl sites for hydroxylation is 1. The molecule has 0 spiro atoms. The van der Waals surface area contributed by atoms with Crippen molar-refractivity contribution in [2.45, 2.75) is 49.3 Å². The van der Waals surface area contributed by atoms with Gasteiger partial charge in [0.05, 0.1) is 0 Å². The van der Waals surface area contributed by atoms with E-state index in [0.717, 1.165) is 48.3 Å². The largest absolute Gasteiger partial charge is 0.479 e. The van der Waals surface area contributed by atoms with Crippen LogP contribution in [0.15, 0.2) is 23.5 Å². The molecule has 0 saturated carbocycles. The van der Waals surface area contributed by atoms with E-state index >= 15 is 0 Å². The topological polar surface area (TPSA) is 156 Å². The maximum absolute atomic E-state index is 9.77. The number of rotatable bonds is 7. The predicted octanol–water partition coefficient (Wildman–Crippen LogP) is 1.48. The van der Waals surface area contributed by atoms with Crippen LogP contribution in [0.4, 0.5) is 0 Å². The molecule has 31 heavy (non-hydrogen) atoms. The summed E-state index contributed by atoms with van der Waals surface area (Å²) in [4.78, 5) is 27.3. The van der Waals surface area contributed by atoms with Gasteiger partial charge >= 0.3 is 11.9 Å². The van der Waals surface area contributed by atoms with Gasteiger partial charge in [-0.1, -0.05) is 36.4 Å². The quantitative estimate of drug-likeness (QED) is 0.329. The molecule has 0 saturated heterocycles. The van der Waals surface area contributed by atoms with Gasteiger partial charge in [0.2, 0.25) is 0 Å². The van der Waals surface area contributed by atoms with Gasteiger partial charge in [-0.25, -0.2) is 14.6 Å². The van der Waals surface area contributed by atoms with E-state index in [1.165, 1.54) is 22.4 Å². The lowest BCUT2D eigenvalue weighted by molar-refractivity contribution is -0.165. The molecule has 0 bridgehead atoms. The first-order valence-electron chi connectivity index (χ1n) is 9.72. The Labute approximate surface area is 188 Å². The molecule has 170 valence electrons. The summed E-state index contributed by atoms with van der Waals surface area (Å²) in [7, 11) is 0. The number of aliphatic hydroxyl groups excluding tert-OH is 2. The molecule has 0 amide bonds. The highest BCUT2D eigenvalue weighted by Gasteiger charge is 2.29. The molecule has 9 nitrogen and oxygen atoms in total. The minimum atomic E-state index is -2.27. The number of H-pyrrole nitrogens is 1. The van der Waals surface area contributed by atoms with Crippen LogP contribution in [-0.2, 0) is 34.6 Å². The number of halogens is 1. The van der Waals surface area contributed by atoms with Crippen molar-refractivity contribution in [2.75, 3.05) is 13.1 Å². The van der Waals surface area contributed by atoms with Crippen molar-refractivity contribution in [1.29, 1.82) is 0 Å². The Hall–Kier alpha value is -2.11. The minimum absolute atomic E-state index is 0.874. The Morgan fingerprint density at radius 2 is 1.81 bits per heavy atom. The van der Waals surface area contributed by atoms with Gasteiger partial charge in [-0.2, -0.15) is 0 Å². The number of imidazole rings is 1. The number of carbonyl (C=O) groups is 2. The number of thioether (sulfide) groups is 1. The number of fused-ring (bicyclic) bond motifs is 1. The number of nitrogens with one attached hydrogen (secondary N) is 2. The molecule has 0 radical (unpaired) electrons. The molecule has 2 aromatic rings. The lowest BCUT2D eigenvalue weighted by atomic mass is 9.98. The standard InChI is InChI=1S/C16H20ClN3S.C4H6O6/c1-2-12-9-19-16(20-12)21-10-14-13-6-8-18-7-5-11(13)3-4-15(14)17;5-1(3(7)8)2(6)4(9)10/h3-4,9,18H,2,5-8,10H2,1H3,(H,19,20);1-2,5-6H,(H,7,8)(H,9,10)/t;1-,2-/m.1/s1. The zero-order chi connectivity index (χ0) is 23.0. The summed E-state index contributed by atoms with van der Waals surface area (Å²) < 4.78 is 0. The number of aliphatic carboxylic acids is 2. The number of aromatic nitrogens is 2. The Morgan fingerprint density at radius 3 is 2.39 bits per heavy atom. The molecule has 1 aromatic carbocycles. The summed E-state index contributed by atoms with van der Waals surface area (Å²) in [5, 5.41) is 37.8. The van der Waals surface area contributed by atoms with Crippen molar-refractivity contribution in [2.24, 2.45) is 0 Å². The Kier molecular flexibility index (Phi) is 9.79. The van der Waals surface area contributed by atoms with Crippen molar-refractivity contribution in [3.05, 3.63) is 45.7 Å². The second-order valence-electron chi connectivity index (χ2n) is 6.84. The van der Waals surface area contributed by atoms with Crippen LogP contribution in [0, 0.1) is 0 Å². The van der Waals surface area contributed by atoms with Gasteiger partial charge in [0.1, 0.15) is 0 Å². The third-order valence-corrected chi connectivity index (χ3v) is 6.01. The van der Waals surface area contributed by atoms with Crippen LogP contribution in [0.25, 0.3) is 0 Å². The lowest BCUT2D eigenvalue weighted by Crippen LogP contribution is -2.39. The molecule has 3 rings (SSSR count). The number of hydrogen-bond acceptors (Lipinski definition) is 7. The van der Waals surface area contributed by atoms with Crippen LogP contribution in [0.5, 0.6) is 0 Å². The SMILES string of the molecule is CCc1cnc(SCc2c(Cl)ccc3c2CCNCC3)[nH]1.O=C(O)[C@H](O)[C@@H](O)C(=O)O. The second-order valence-corrected chi connectivity index (χ2v) is 8.21. The summed E-state index contributed by atoms with van der Waals surface area (Å²) in [6.45, 7) is 4.22. The molecular weight excluding hydrogens is 446 g/mol. The fraction of sp³-hybridized carbons (Fsp3) is 0.450. The number of hydrogen-bond donors (Lipinski definition) is 6. The molecular formula is C20H26ClN3O6S. The smallest absolute Gasteiger partial charge is 0.335 e. The summed E-state index contributed by atoms with van der Waals surface area (Å²) in [5.74, 6) is -2.66. The van der Waals surface area contributed by atoms with E-state index in [0.29, 0.717) is 0 Å². The summed E-state index contributed by atoms with van der Waals surface area (Å²) in [5.41, 5.74) is 5.33. The average molecular weight is 472 g/mol. The zero-order valence-corrected chi connectivity index (χ0v) is 18.5. The zero-order valence-electron chi connectivity index (χ0n) is 17.0. The van der Waals surface area contributed by atoms with E-state index in [4.69, 9.17) is 32.0 Å². The molecule has 2 atom stereocenters. The van der Waals surface area contributed by atoms with Gasteiger partial charge < -0.3 is 30.7 Å². The van der Waals surface area contributed by atoms with Crippen molar-refractivity contribution >= 4 is 35.3 Å². The number of carboxylic acids is 2. The number of nitrogens with zero attached hydrogens (tertiary/aromatic N) is 1. The van der Waals surface area contributed by atoms with Crippen LogP contribution >= 0.6 is 23.4 Å². The number of benzene rings is 1. The molecule has 1 aliphatic heterocycles. The molecule has 11 heteroatoms. The van der Waals surface area contributed by atoms with Gasteiger partial charge in [0.15, 0.2) is 17.4 Å². The highest BCUT2D eigenvalue weighted by Crippen LogP contribution is 2.31. The first kappa shape index (κ1) is 25.2. The summed E-state index contributed by atoms with van der Waals surface area (Å²) in [6.07, 6.45) is 0.518. The summed E-state index contributed by atoms with van der Waals surface area (Å²) in [6, 6.07) is 4.22. The van der Waals surface area contributed by atoms with Gasteiger partial charge in [-0.05, 0) is 55.1 Å². The molecule has 1 aliphatic rings. The van der Waals surface area contributed by atoms with E-state index in [-0.39, 0.29) is 0 Å². The Bertz CT molecular complexity index is 889. The van der Waals surface area contributed by atoms with E-state index in [1.807, 2.05) is 12.3 Å². The monoisotopic (exact) mass is 471 g/mol. The van der Waals surface area contributed by atoms with Crippen LogP contribution in [0.1, 0.15) is 29.3 Å². The molecule has 0 fully saturated rings. The fourth-order valence-corrected chi connectivity index (χ4v) is 4.24. The van der Waals surface area contributed by atoms with Crippen molar-refractivity contribution in [1.82, 2.24) is 15.3 Å². The normalized spacial score (nSPS) is 15.1. The van der Waals surface area contributed by atoms with Gasteiger partial charge in [0.25, 0.3) is 0 Å². The molecule has 0 unspecified atom stereocenters. The second kappa shape index (κ2) is 12.1. The average Bonchev–Trinajstić information content (AvgIpc) is 3.08. The molecule has 2 heterocycles. The Morgan fingerprint density at radius 1 is 1.16 bits per heavy atom. The maximum atomic E-state index is 9.77. The number of aromatic amines is 1.